The van der Waals surface area contributed by atoms with Gasteiger partial charge in [0, 0.05) is 23.7 Å². The van der Waals surface area contributed by atoms with Crippen molar-refractivity contribution in [3.05, 3.63) is 34.3 Å². The van der Waals surface area contributed by atoms with E-state index < -0.39 is 11.9 Å². The number of halogens is 1. The predicted molar refractivity (Wildman–Crippen MR) is 63.2 cm³/mol. The molecule has 0 saturated carbocycles. The van der Waals surface area contributed by atoms with Crippen LogP contribution in [0.15, 0.2) is 18.2 Å². The number of carboxylic acids is 1. The minimum absolute atomic E-state index is 0.159. The van der Waals surface area contributed by atoms with E-state index in [2.05, 4.69) is 0 Å². The minimum Gasteiger partial charge on any atom is -0.481 e. The van der Waals surface area contributed by atoms with Gasteiger partial charge in [-0.2, -0.15) is 0 Å². The van der Waals surface area contributed by atoms with E-state index in [1.54, 1.807) is 18.2 Å². The third kappa shape index (κ3) is 2.42. The van der Waals surface area contributed by atoms with E-state index >= 15 is 0 Å². The molecular formula is C12H12ClNO3. The number of hydrogen-bond acceptors (Lipinski definition) is 2. The number of carbonyl (C=O) groups excluding carboxylic acids is 1. The number of hydrogen-bond donors (Lipinski definition) is 1. The quantitative estimate of drug-likeness (QED) is 0.875. The summed E-state index contributed by atoms with van der Waals surface area (Å²) in [4.78, 5) is 24.1. The summed E-state index contributed by atoms with van der Waals surface area (Å²) in [5, 5.41) is 9.25. The first-order valence-corrected chi connectivity index (χ1v) is 5.64. The number of carboxylic acid groups (broad SMARTS) is 1. The Morgan fingerprint density at radius 1 is 1.35 bits per heavy atom. The molecule has 0 unspecified atom stereocenters. The van der Waals surface area contributed by atoms with E-state index in [-0.39, 0.29) is 19.0 Å². The molecule has 90 valence electrons. The van der Waals surface area contributed by atoms with E-state index in [9.17, 15) is 9.59 Å². The predicted octanol–water partition coefficient (Wildman–Crippen LogP) is 1.81. The maximum atomic E-state index is 12.0. The van der Waals surface area contributed by atoms with Crippen LogP contribution >= 0.6 is 11.6 Å². The molecule has 2 rings (SSSR count). The Balaban J connectivity index is 2.09. The Morgan fingerprint density at radius 2 is 2.00 bits per heavy atom. The summed E-state index contributed by atoms with van der Waals surface area (Å²) in [5.41, 5.74) is 1.43. The van der Waals surface area contributed by atoms with Gasteiger partial charge in [-0.15, -0.1) is 0 Å². The second kappa shape index (κ2) is 4.37. The Labute approximate surface area is 104 Å². The highest BCUT2D eigenvalue weighted by molar-refractivity contribution is 6.31. The molecule has 1 N–H and O–H groups in total. The van der Waals surface area contributed by atoms with Gasteiger partial charge < -0.3 is 10.0 Å². The lowest BCUT2D eigenvalue weighted by Gasteiger charge is -2.36. The fourth-order valence-corrected chi connectivity index (χ4v) is 2.13. The lowest BCUT2D eigenvalue weighted by atomic mass is 9.99. The summed E-state index contributed by atoms with van der Waals surface area (Å²) < 4.78 is 0. The average molecular weight is 254 g/mol. The van der Waals surface area contributed by atoms with Crippen LogP contribution in [0.2, 0.25) is 5.02 Å². The van der Waals surface area contributed by atoms with Crippen LogP contribution < -0.4 is 0 Å². The van der Waals surface area contributed by atoms with Crippen molar-refractivity contribution in [1.82, 2.24) is 4.90 Å². The fraction of sp³-hybridized carbons (Fsp3) is 0.333. The monoisotopic (exact) mass is 253 g/mol. The molecule has 0 atom stereocenters. The summed E-state index contributed by atoms with van der Waals surface area (Å²) in [6.07, 6.45) is 0. The number of amides is 1. The fourth-order valence-electron chi connectivity index (χ4n) is 1.84. The van der Waals surface area contributed by atoms with Crippen molar-refractivity contribution in [2.45, 2.75) is 6.92 Å². The molecule has 0 aromatic heterocycles. The molecule has 17 heavy (non-hydrogen) atoms. The van der Waals surface area contributed by atoms with Crippen LogP contribution in [0.3, 0.4) is 0 Å². The molecule has 0 spiro atoms. The molecule has 0 aliphatic carbocycles. The van der Waals surface area contributed by atoms with Crippen molar-refractivity contribution in [1.29, 1.82) is 0 Å². The van der Waals surface area contributed by atoms with Crippen molar-refractivity contribution in [3.63, 3.8) is 0 Å². The first-order valence-electron chi connectivity index (χ1n) is 5.26. The van der Waals surface area contributed by atoms with Crippen molar-refractivity contribution < 1.29 is 14.7 Å². The number of benzene rings is 1. The van der Waals surface area contributed by atoms with E-state index in [1.807, 2.05) is 6.92 Å². The minimum atomic E-state index is -0.851. The Hall–Kier alpha value is -1.55. The van der Waals surface area contributed by atoms with E-state index in [1.165, 1.54) is 4.90 Å². The van der Waals surface area contributed by atoms with Gasteiger partial charge in [-0.25, -0.2) is 0 Å². The van der Waals surface area contributed by atoms with E-state index in [0.717, 1.165) is 5.56 Å². The zero-order chi connectivity index (χ0) is 12.6. The Kier molecular flexibility index (Phi) is 3.07. The molecule has 1 heterocycles. The molecule has 1 fully saturated rings. The first-order chi connectivity index (χ1) is 7.97. The smallest absolute Gasteiger partial charge is 0.310 e. The van der Waals surface area contributed by atoms with Crippen molar-refractivity contribution in [2.75, 3.05) is 13.1 Å². The van der Waals surface area contributed by atoms with Crippen LogP contribution in [-0.2, 0) is 4.79 Å². The van der Waals surface area contributed by atoms with Gasteiger partial charge in [0.2, 0.25) is 0 Å². The Bertz CT molecular complexity index is 460. The van der Waals surface area contributed by atoms with Gasteiger partial charge in [0.05, 0.1) is 5.92 Å². The largest absolute Gasteiger partial charge is 0.481 e. The number of aryl methyl sites for hydroxylation is 1. The van der Waals surface area contributed by atoms with Gasteiger partial charge in [0.25, 0.3) is 5.91 Å². The normalized spacial score (nSPS) is 15.5. The number of likely N-dealkylation sites (tertiary alicyclic amines) is 1. The second-order valence-corrected chi connectivity index (χ2v) is 4.70. The zero-order valence-electron chi connectivity index (χ0n) is 9.31. The summed E-state index contributed by atoms with van der Waals surface area (Å²) in [7, 11) is 0. The summed E-state index contributed by atoms with van der Waals surface area (Å²) in [6, 6.07) is 5.13. The Morgan fingerprint density at radius 3 is 2.53 bits per heavy atom. The molecule has 1 aliphatic rings. The third-order valence-electron chi connectivity index (χ3n) is 2.81. The van der Waals surface area contributed by atoms with Gasteiger partial charge >= 0.3 is 5.97 Å². The van der Waals surface area contributed by atoms with Crippen molar-refractivity contribution in [2.24, 2.45) is 5.92 Å². The maximum absolute atomic E-state index is 12.0. The third-order valence-corrected chi connectivity index (χ3v) is 3.03. The SMILES string of the molecule is Cc1cc(Cl)cc(C(=O)N2CC(C(=O)O)C2)c1. The summed E-state index contributed by atoms with van der Waals surface area (Å²) >= 11 is 5.87. The standard InChI is InChI=1S/C12H12ClNO3/c1-7-2-8(4-10(13)3-7)11(15)14-5-9(6-14)12(16)17/h2-4,9H,5-6H2,1H3,(H,16,17). The van der Waals surface area contributed by atoms with Crippen LogP contribution in [0.5, 0.6) is 0 Å². The lowest BCUT2D eigenvalue weighted by molar-refractivity contribution is -0.146. The molecule has 1 aromatic rings. The maximum Gasteiger partial charge on any atom is 0.310 e. The summed E-state index contributed by atoms with van der Waals surface area (Å²) in [5.74, 6) is -1.44. The topological polar surface area (TPSA) is 57.6 Å². The number of carbonyl (C=O) groups is 2. The molecule has 1 aliphatic heterocycles. The lowest BCUT2D eigenvalue weighted by Crippen LogP contribution is -2.53. The molecule has 1 saturated heterocycles. The number of rotatable bonds is 2. The zero-order valence-corrected chi connectivity index (χ0v) is 10.1. The van der Waals surface area contributed by atoms with Gasteiger partial charge in [0.15, 0.2) is 0 Å². The summed E-state index contributed by atoms with van der Waals surface area (Å²) in [6.45, 7) is 2.41. The van der Waals surface area contributed by atoms with Gasteiger partial charge in [0.1, 0.15) is 0 Å². The highest BCUT2D eigenvalue weighted by Gasteiger charge is 2.35. The van der Waals surface area contributed by atoms with Crippen LogP contribution in [0, 0.1) is 12.8 Å². The molecule has 1 aromatic carbocycles. The number of nitrogens with zero attached hydrogens (tertiary/aromatic N) is 1. The van der Waals surface area contributed by atoms with E-state index in [0.29, 0.717) is 10.6 Å². The molecule has 0 radical (unpaired) electrons. The average Bonchev–Trinajstić information content (AvgIpc) is 2.12. The van der Waals surface area contributed by atoms with Crippen molar-refractivity contribution in [3.8, 4) is 0 Å². The van der Waals surface area contributed by atoms with Crippen LogP contribution in [-0.4, -0.2) is 35.0 Å². The highest BCUT2D eigenvalue weighted by Crippen LogP contribution is 2.21. The van der Waals surface area contributed by atoms with Gasteiger partial charge in [-0.05, 0) is 30.7 Å². The van der Waals surface area contributed by atoms with Crippen LogP contribution in [0.25, 0.3) is 0 Å². The van der Waals surface area contributed by atoms with Crippen LogP contribution in [0.4, 0.5) is 0 Å². The highest BCUT2D eigenvalue weighted by atomic mass is 35.5. The molecule has 5 heteroatoms. The molecule has 1 amide bonds. The van der Waals surface area contributed by atoms with Crippen molar-refractivity contribution >= 4 is 23.5 Å². The van der Waals surface area contributed by atoms with Crippen LogP contribution in [0.1, 0.15) is 15.9 Å². The van der Waals surface area contributed by atoms with Gasteiger partial charge in [-0.1, -0.05) is 11.6 Å². The molecule has 0 bridgehead atoms. The molecule has 4 nitrogen and oxygen atoms in total. The second-order valence-electron chi connectivity index (χ2n) is 4.26. The van der Waals surface area contributed by atoms with E-state index in [4.69, 9.17) is 16.7 Å². The first kappa shape index (κ1) is 11.9. The number of aliphatic carboxylic acids is 1. The van der Waals surface area contributed by atoms with Gasteiger partial charge in [-0.3, -0.25) is 9.59 Å². The molecular weight excluding hydrogens is 242 g/mol.